The number of hydrogen-bond acceptors (Lipinski definition) is 4. The van der Waals surface area contributed by atoms with Gasteiger partial charge in [-0.3, -0.25) is 9.59 Å². The van der Waals surface area contributed by atoms with Crippen LogP contribution < -0.4 is 16.4 Å². The van der Waals surface area contributed by atoms with Crippen molar-refractivity contribution in [2.75, 3.05) is 26.7 Å². The monoisotopic (exact) mass is 283 g/mol. The van der Waals surface area contributed by atoms with Gasteiger partial charge in [-0.05, 0) is 17.7 Å². The lowest BCUT2D eigenvalue weighted by Crippen LogP contribution is -2.40. The number of rotatable bonds is 7. The Morgan fingerprint density at radius 3 is 2.45 bits per heavy atom. The van der Waals surface area contributed by atoms with E-state index in [-0.39, 0.29) is 37.5 Å². The average Bonchev–Trinajstić information content (AvgIpc) is 2.47. The number of nitrogens with two attached hydrogens (primary N) is 1. The van der Waals surface area contributed by atoms with E-state index in [0.29, 0.717) is 0 Å². The van der Waals surface area contributed by atoms with Crippen LogP contribution in [0.3, 0.4) is 0 Å². The highest BCUT2D eigenvalue weighted by Gasteiger charge is 2.12. The van der Waals surface area contributed by atoms with Gasteiger partial charge in [-0.2, -0.15) is 0 Å². The molecule has 0 fully saturated rings. The topological polar surface area (TPSA) is 93.5 Å². The SMILES string of the molecule is COC(CNC(=O)CNC(=O)CN)c1ccc(F)cc1. The highest BCUT2D eigenvalue weighted by atomic mass is 19.1. The number of carbonyl (C=O) groups is 2. The largest absolute Gasteiger partial charge is 0.375 e. The predicted octanol–water partition coefficient (Wildman–Crippen LogP) is -0.296. The van der Waals surface area contributed by atoms with Crippen LogP contribution in [0.2, 0.25) is 0 Å². The van der Waals surface area contributed by atoms with Crippen molar-refractivity contribution in [3.05, 3.63) is 35.6 Å². The number of carbonyl (C=O) groups excluding carboxylic acids is 2. The zero-order valence-corrected chi connectivity index (χ0v) is 11.2. The van der Waals surface area contributed by atoms with E-state index in [2.05, 4.69) is 10.6 Å². The summed E-state index contributed by atoms with van der Waals surface area (Å²) < 4.78 is 18.0. The van der Waals surface area contributed by atoms with Crippen LogP contribution in [0.25, 0.3) is 0 Å². The van der Waals surface area contributed by atoms with Crippen LogP contribution in [0.15, 0.2) is 24.3 Å². The molecule has 0 saturated heterocycles. The lowest BCUT2D eigenvalue weighted by molar-refractivity contribution is -0.125. The second-order valence-corrected chi connectivity index (χ2v) is 4.06. The molecule has 0 aromatic heterocycles. The molecule has 1 aromatic rings. The molecule has 0 aliphatic heterocycles. The van der Waals surface area contributed by atoms with Gasteiger partial charge in [-0.15, -0.1) is 0 Å². The van der Waals surface area contributed by atoms with Crippen molar-refractivity contribution in [1.82, 2.24) is 10.6 Å². The van der Waals surface area contributed by atoms with E-state index in [1.165, 1.54) is 19.2 Å². The molecule has 110 valence electrons. The number of hydrogen-bond donors (Lipinski definition) is 3. The maximum Gasteiger partial charge on any atom is 0.239 e. The molecule has 0 bridgehead atoms. The van der Waals surface area contributed by atoms with Crippen LogP contribution in [0, 0.1) is 5.82 Å². The van der Waals surface area contributed by atoms with Gasteiger partial charge < -0.3 is 21.1 Å². The first kappa shape index (κ1) is 16.1. The van der Waals surface area contributed by atoms with Crippen LogP contribution in [0.1, 0.15) is 11.7 Å². The van der Waals surface area contributed by atoms with E-state index in [4.69, 9.17) is 10.5 Å². The van der Waals surface area contributed by atoms with Crippen molar-refractivity contribution >= 4 is 11.8 Å². The molecule has 2 amide bonds. The van der Waals surface area contributed by atoms with Crippen molar-refractivity contribution in [3.63, 3.8) is 0 Å². The Bertz CT molecular complexity index is 451. The van der Waals surface area contributed by atoms with Crippen LogP contribution in [-0.4, -0.2) is 38.6 Å². The lowest BCUT2D eigenvalue weighted by Gasteiger charge is -2.16. The van der Waals surface area contributed by atoms with Crippen LogP contribution >= 0.6 is 0 Å². The summed E-state index contributed by atoms with van der Waals surface area (Å²) in [6, 6.07) is 5.83. The molecule has 0 spiro atoms. The second-order valence-electron chi connectivity index (χ2n) is 4.06. The maximum absolute atomic E-state index is 12.8. The number of ether oxygens (including phenoxy) is 1. The summed E-state index contributed by atoms with van der Waals surface area (Å²) in [5, 5.41) is 4.97. The lowest BCUT2D eigenvalue weighted by atomic mass is 10.1. The van der Waals surface area contributed by atoms with Gasteiger partial charge in [0, 0.05) is 13.7 Å². The Balaban J connectivity index is 2.43. The zero-order chi connectivity index (χ0) is 15.0. The number of methoxy groups -OCH3 is 1. The standard InChI is InChI=1S/C13H18FN3O3/c1-20-11(9-2-4-10(14)5-3-9)7-16-13(19)8-17-12(18)6-15/h2-5,11H,6-8,15H2,1H3,(H,16,19)(H,17,18). The van der Waals surface area contributed by atoms with Gasteiger partial charge in [0.15, 0.2) is 0 Å². The third-order valence-electron chi connectivity index (χ3n) is 2.64. The summed E-state index contributed by atoms with van der Waals surface area (Å²) in [5.41, 5.74) is 5.85. The Hall–Kier alpha value is -1.99. The maximum atomic E-state index is 12.8. The summed E-state index contributed by atoms with van der Waals surface area (Å²) in [4.78, 5) is 22.4. The minimum absolute atomic E-state index is 0.143. The number of halogens is 1. The normalized spacial score (nSPS) is 11.8. The van der Waals surface area contributed by atoms with Gasteiger partial charge in [-0.25, -0.2) is 4.39 Å². The van der Waals surface area contributed by atoms with Crippen LogP contribution in [0.4, 0.5) is 4.39 Å². The molecule has 0 heterocycles. The van der Waals surface area contributed by atoms with Gasteiger partial charge >= 0.3 is 0 Å². The van der Waals surface area contributed by atoms with Gasteiger partial charge in [0.05, 0.1) is 19.2 Å². The first-order valence-electron chi connectivity index (χ1n) is 6.08. The minimum Gasteiger partial charge on any atom is -0.375 e. The van der Waals surface area contributed by atoms with Crippen LogP contribution in [-0.2, 0) is 14.3 Å². The zero-order valence-electron chi connectivity index (χ0n) is 11.2. The van der Waals surface area contributed by atoms with Crippen molar-refractivity contribution in [2.45, 2.75) is 6.10 Å². The quantitative estimate of drug-likeness (QED) is 0.640. The Morgan fingerprint density at radius 2 is 1.90 bits per heavy atom. The molecule has 20 heavy (non-hydrogen) atoms. The molecular formula is C13H18FN3O3. The van der Waals surface area contributed by atoms with Crippen molar-refractivity contribution in [1.29, 1.82) is 0 Å². The third-order valence-corrected chi connectivity index (χ3v) is 2.64. The van der Waals surface area contributed by atoms with Gasteiger partial charge in [0.2, 0.25) is 11.8 Å². The fourth-order valence-electron chi connectivity index (χ4n) is 1.53. The highest BCUT2D eigenvalue weighted by molar-refractivity contribution is 5.85. The number of benzene rings is 1. The first-order chi connectivity index (χ1) is 9.56. The number of nitrogens with one attached hydrogen (secondary N) is 2. The average molecular weight is 283 g/mol. The van der Waals surface area contributed by atoms with E-state index in [9.17, 15) is 14.0 Å². The predicted molar refractivity (Wildman–Crippen MR) is 71.2 cm³/mol. The molecule has 4 N–H and O–H groups in total. The summed E-state index contributed by atoms with van der Waals surface area (Å²) in [6.07, 6.45) is -0.384. The first-order valence-corrected chi connectivity index (χ1v) is 6.08. The summed E-state index contributed by atoms with van der Waals surface area (Å²) >= 11 is 0. The molecule has 6 nitrogen and oxygen atoms in total. The van der Waals surface area contributed by atoms with E-state index in [0.717, 1.165) is 5.56 Å². The van der Waals surface area contributed by atoms with Gasteiger partial charge in [0.1, 0.15) is 5.82 Å². The van der Waals surface area contributed by atoms with E-state index >= 15 is 0 Å². The van der Waals surface area contributed by atoms with Crippen molar-refractivity contribution in [2.24, 2.45) is 5.73 Å². The second kappa shape index (κ2) is 8.23. The minimum atomic E-state index is -0.401. The molecule has 0 aliphatic rings. The number of amides is 2. The van der Waals surface area contributed by atoms with Crippen molar-refractivity contribution in [3.8, 4) is 0 Å². The Morgan fingerprint density at radius 1 is 1.25 bits per heavy atom. The smallest absolute Gasteiger partial charge is 0.239 e. The summed E-state index contributed by atoms with van der Waals surface area (Å²) in [6.45, 7) is -0.0844. The molecule has 0 saturated carbocycles. The van der Waals surface area contributed by atoms with E-state index in [1.807, 2.05) is 0 Å². The molecule has 1 atom stereocenters. The molecular weight excluding hydrogens is 265 g/mol. The fourth-order valence-corrected chi connectivity index (χ4v) is 1.53. The summed E-state index contributed by atoms with van der Waals surface area (Å²) in [7, 11) is 1.50. The van der Waals surface area contributed by atoms with Crippen molar-refractivity contribution < 1.29 is 18.7 Å². The molecule has 1 rings (SSSR count). The van der Waals surface area contributed by atoms with E-state index in [1.54, 1.807) is 12.1 Å². The van der Waals surface area contributed by atoms with Gasteiger partial charge in [0.25, 0.3) is 0 Å². The molecule has 0 radical (unpaired) electrons. The fraction of sp³-hybridized carbons (Fsp3) is 0.385. The van der Waals surface area contributed by atoms with Gasteiger partial charge in [-0.1, -0.05) is 12.1 Å². The summed E-state index contributed by atoms with van der Waals surface area (Å²) in [5.74, 6) is -1.09. The molecule has 1 aromatic carbocycles. The Labute approximate surface area is 116 Å². The third kappa shape index (κ3) is 5.33. The highest BCUT2D eigenvalue weighted by Crippen LogP contribution is 2.15. The Kier molecular flexibility index (Phi) is 6.61. The molecule has 7 heteroatoms. The molecule has 0 aliphatic carbocycles. The van der Waals surface area contributed by atoms with E-state index < -0.39 is 5.91 Å². The molecule has 1 unspecified atom stereocenters. The van der Waals surface area contributed by atoms with Crippen LogP contribution in [0.5, 0.6) is 0 Å².